The first-order valence-corrected chi connectivity index (χ1v) is 8.30. The fourth-order valence-electron chi connectivity index (χ4n) is 1.75. The summed E-state index contributed by atoms with van der Waals surface area (Å²) < 4.78 is 6.33. The van der Waals surface area contributed by atoms with Crippen LogP contribution in [0, 0.1) is 6.92 Å². The highest BCUT2D eigenvalue weighted by Gasteiger charge is 2.07. The van der Waals surface area contributed by atoms with Crippen LogP contribution in [0.3, 0.4) is 0 Å². The Bertz CT molecular complexity index is 797. The molecular weight excluding hydrogens is 419 g/mol. The minimum atomic E-state index is -0.445. The maximum atomic E-state index is 11.7. The molecular formula is C16H13BrCl2N2O3. The third kappa shape index (κ3) is 5.12. The zero-order valence-electron chi connectivity index (χ0n) is 12.5. The Morgan fingerprint density at radius 2 is 2.12 bits per heavy atom. The zero-order valence-corrected chi connectivity index (χ0v) is 15.6. The number of carbonyl (C=O) groups is 1. The van der Waals surface area contributed by atoms with Crippen molar-refractivity contribution in [2.75, 3.05) is 6.61 Å². The van der Waals surface area contributed by atoms with Crippen molar-refractivity contribution in [1.29, 1.82) is 0 Å². The lowest BCUT2D eigenvalue weighted by molar-refractivity contribution is -0.123. The third-order valence-corrected chi connectivity index (χ3v) is 4.35. The molecule has 0 saturated carbocycles. The highest BCUT2D eigenvalue weighted by Crippen LogP contribution is 2.29. The summed E-state index contributed by atoms with van der Waals surface area (Å²) in [5.74, 6) is -0.0332. The molecule has 0 bridgehead atoms. The number of aromatic hydroxyl groups is 1. The highest BCUT2D eigenvalue weighted by atomic mass is 79.9. The molecule has 0 heterocycles. The van der Waals surface area contributed by atoms with Crippen molar-refractivity contribution >= 4 is 51.3 Å². The highest BCUT2D eigenvalue weighted by molar-refractivity contribution is 9.10. The molecule has 2 rings (SSSR count). The van der Waals surface area contributed by atoms with Gasteiger partial charge in [0.1, 0.15) is 11.5 Å². The number of hydrogen-bond acceptors (Lipinski definition) is 4. The van der Waals surface area contributed by atoms with Crippen molar-refractivity contribution in [1.82, 2.24) is 5.43 Å². The Labute approximate surface area is 157 Å². The van der Waals surface area contributed by atoms with Gasteiger partial charge in [-0.2, -0.15) is 5.10 Å². The number of ether oxygens (including phenoxy) is 1. The zero-order chi connectivity index (χ0) is 17.7. The second-order valence-electron chi connectivity index (χ2n) is 4.82. The van der Waals surface area contributed by atoms with Crippen LogP contribution in [0.15, 0.2) is 39.9 Å². The summed E-state index contributed by atoms with van der Waals surface area (Å²) in [6.07, 6.45) is 1.24. The lowest BCUT2D eigenvalue weighted by Gasteiger charge is -2.07. The Morgan fingerprint density at radius 1 is 1.38 bits per heavy atom. The summed E-state index contributed by atoms with van der Waals surface area (Å²) in [5, 5.41) is 14.0. The second-order valence-corrected chi connectivity index (χ2v) is 6.52. The number of amides is 1. The Hall–Kier alpha value is -1.76. The molecule has 0 fully saturated rings. The van der Waals surface area contributed by atoms with E-state index >= 15 is 0 Å². The minimum absolute atomic E-state index is 0.101. The van der Waals surface area contributed by atoms with E-state index in [1.165, 1.54) is 18.3 Å². The topological polar surface area (TPSA) is 70.9 Å². The second kappa shape index (κ2) is 8.37. The largest absolute Gasteiger partial charge is 0.506 e. The van der Waals surface area contributed by atoms with Gasteiger partial charge in [-0.05, 0) is 42.8 Å². The van der Waals surface area contributed by atoms with Crippen LogP contribution in [0.1, 0.15) is 11.1 Å². The first-order chi connectivity index (χ1) is 11.4. The predicted octanol–water partition coefficient (Wildman–Crippen LogP) is 4.30. The number of benzene rings is 2. The summed E-state index contributed by atoms with van der Waals surface area (Å²) in [6, 6.07) is 8.28. The van der Waals surface area contributed by atoms with Gasteiger partial charge in [0, 0.05) is 15.1 Å². The van der Waals surface area contributed by atoms with Crippen LogP contribution in [0.4, 0.5) is 0 Å². The normalized spacial score (nSPS) is 10.8. The molecule has 126 valence electrons. The lowest BCUT2D eigenvalue weighted by Crippen LogP contribution is -2.24. The number of hydrogen-bond donors (Lipinski definition) is 2. The van der Waals surface area contributed by atoms with Gasteiger partial charge in [0.05, 0.1) is 11.2 Å². The lowest BCUT2D eigenvalue weighted by atomic mass is 10.2. The number of rotatable bonds is 5. The van der Waals surface area contributed by atoms with Gasteiger partial charge < -0.3 is 9.84 Å². The summed E-state index contributed by atoms with van der Waals surface area (Å²) in [4.78, 5) is 11.7. The molecule has 0 aliphatic carbocycles. The average Bonchev–Trinajstić information content (AvgIpc) is 2.53. The van der Waals surface area contributed by atoms with Crippen molar-refractivity contribution < 1.29 is 14.6 Å². The van der Waals surface area contributed by atoms with E-state index in [-0.39, 0.29) is 22.9 Å². The van der Waals surface area contributed by atoms with Gasteiger partial charge in [-0.1, -0.05) is 39.1 Å². The molecule has 0 aromatic heterocycles. The molecule has 1 amide bonds. The Balaban J connectivity index is 1.90. The van der Waals surface area contributed by atoms with Crippen molar-refractivity contribution in [3.63, 3.8) is 0 Å². The minimum Gasteiger partial charge on any atom is -0.506 e. The number of carbonyl (C=O) groups excluding carboxylic acids is 1. The molecule has 2 aromatic carbocycles. The first-order valence-electron chi connectivity index (χ1n) is 6.75. The standard InChI is InChI=1S/C16H13BrCl2N2O3/c1-9-4-12(2-3-13(9)17)24-8-15(22)21-20-7-10-5-11(18)6-14(19)16(10)23/h2-7,23H,8H2,1H3,(H,21,22)/b20-7+. The number of hydrazone groups is 1. The SMILES string of the molecule is Cc1cc(OCC(=O)N/N=C/c2cc(Cl)cc(Cl)c2O)ccc1Br. The number of phenolic OH excluding ortho intramolecular Hbond substituents is 1. The van der Waals surface area contributed by atoms with Crippen LogP contribution in [0.2, 0.25) is 10.0 Å². The summed E-state index contributed by atoms with van der Waals surface area (Å²) in [5.41, 5.74) is 3.58. The molecule has 0 atom stereocenters. The summed E-state index contributed by atoms with van der Waals surface area (Å²) in [7, 11) is 0. The van der Waals surface area contributed by atoms with Crippen molar-refractivity contribution in [3.8, 4) is 11.5 Å². The Kier molecular flexibility index (Phi) is 6.48. The molecule has 0 aliphatic heterocycles. The van der Waals surface area contributed by atoms with E-state index in [0.29, 0.717) is 10.8 Å². The molecule has 2 aromatic rings. The van der Waals surface area contributed by atoms with Crippen LogP contribution in [-0.2, 0) is 4.79 Å². The van der Waals surface area contributed by atoms with E-state index < -0.39 is 5.91 Å². The van der Waals surface area contributed by atoms with E-state index in [1.807, 2.05) is 19.1 Å². The van der Waals surface area contributed by atoms with Crippen LogP contribution in [-0.4, -0.2) is 23.8 Å². The number of phenols is 1. The van der Waals surface area contributed by atoms with Gasteiger partial charge in [0.25, 0.3) is 5.91 Å². The molecule has 8 heteroatoms. The number of halogens is 3. The van der Waals surface area contributed by atoms with Crippen molar-refractivity contribution in [2.45, 2.75) is 6.92 Å². The number of nitrogens with one attached hydrogen (secondary N) is 1. The molecule has 0 unspecified atom stereocenters. The van der Waals surface area contributed by atoms with Gasteiger partial charge in [-0.25, -0.2) is 5.43 Å². The molecule has 0 aliphatic rings. The van der Waals surface area contributed by atoms with Crippen LogP contribution in [0.5, 0.6) is 11.5 Å². The molecule has 24 heavy (non-hydrogen) atoms. The van der Waals surface area contributed by atoms with Gasteiger partial charge in [-0.3, -0.25) is 4.79 Å². The summed E-state index contributed by atoms with van der Waals surface area (Å²) in [6.45, 7) is 1.73. The quantitative estimate of drug-likeness (QED) is 0.547. The fourth-order valence-corrected chi connectivity index (χ4v) is 2.50. The van der Waals surface area contributed by atoms with E-state index in [2.05, 4.69) is 26.5 Å². The van der Waals surface area contributed by atoms with E-state index in [4.69, 9.17) is 27.9 Å². The molecule has 5 nitrogen and oxygen atoms in total. The van der Waals surface area contributed by atoms with Crippen LogP contribution >= 0.6 is 39.1 Å². The van der Waals surface area contributed by atoms with Crippen LogP contribution < -0.4 is 10.2 Å². The third-order valence-electron chi connectivity index (χ3n) is 2.95. The number of nitrogens with zero attached hydrogens (tertiary/aromatic N) is 1. The predicted molar refractivity (Wildman–Crippen MR) is 98.2 cm³/mol. The smallest absolute Gasteiger partial charge is 0.277 e. The van der Waals surface area contributed by atoms with Gasteiger partial charge >= 0.3 is 0 Å². The maximum Gasteiger partial charge on any atom is 0.277 e. The molecule has 0 radical (unpaired) electrons. The van der Waals surface area contributed by atoms with Crippen molar-refractivity contribution in [2.24, 2.45) is 5.10 Å². The Morgan fingerprint density at radius 3 is 2.83 bits per heavy atom. The van der Waals surface area contributed by atoms with E-state index in [9.17, 15) is 9.90 Å². The van der Waals surface area contributed by atoms with Gasteiger partial charge in [0.2, 0.25) is 0 Å². The van der Waals surface area contributed by atoms with E-state index in [0.717, 1.165) is 10.0 Å². The van der Waals surface area contributed by atoms with Crippen LogP contribution in [0.25, 0.3) is 0 Å². The molecule has 0 saturated heterocycles. The van der Waals surface area contributed by atoms with Crippen molar-refractivity contribution in [3.05, 3.63) is 56.0 Å². The molecule has 0 spiro atoms. The maximum absolute atomic E-state index is 11.7. The monoisotopic (exact) mass is 430 g/mol. The van der Waals surface area contributed by atoms with E-state index in [1.54, 1.807) is 6.07 Å². The van der Waals surface area contributed by atoms with Gasteiger partial charge in [0.15, 0.2) is 6.61 Å². The molecule has 2 N–H and O–H groups in total. The number of aryl methyl sites for hydroxylation is 1. The average molecular weight is 432 g/mol. The first kappa shape index (κ1) is 18.6. The summed E-state index contributed by atoms with van der Waals surface area (Å²) >= 11 is 15.0. The van der Waals surface area contributed by atoms with Gasteiger partial charge in [-0.15, -0.1) is 0 Å². The fraction of sp³-hybridized carbons (Fsp3) is 0.125.